The van der Waals surface area contributed by atoms with Gasteiger partial charge in [0.15, 0.2) is 0 Å². The van der Waals surface area contributed by atoms with Crippen LogP contribution in [0, 0.1) is 27.7 Å². The van der Waals surface area contributed by atoms with Crippen molar-refractivity contribution in [2.75, 3.05) is 0 Å². The summed E-state index contributed by atoms with van der Waals surface area (Å²) < 4.78 is 0. The fourth-order valence-electron chi connectivity index (χ4n) is 1.61. The van der Waals surface area contributed by atoms with Crippen molar-refractivity contribution in [3.63, 3.8) is 0 Å². The zero-order valence-corrected chi connectivity index (χ0v) is 12.3. The molecule has 90 valence electrons. The largest absolute Gasteiger partial charge is 0.0617 e. The Labute approximate surface area is 116 Å². The Morgan fingerprint density at radius 3 is 0.882 bits per heavy atom. The molecule has 2 rings (SSSR count). The molecule has 0 heterocycles. The molecule has 0 aliphatic carbocycles. The Balaban J connectivity index is 0.000000284. The molecular formula is C16H20Cr. The summed E-state index contributed by atoms with van der Waals surface area (Å²) in [6.45, 7) is 8.42. The van der Waals surface area contributed by atoms with Gasteiger partial charge >= 0.3 is 0 Å². The molecule has 2 aromatic carbocycles. The van der Waals surface area contributed by atoms with Crippen molar-refractivity contribution in [3.05, 3.63) is 70.8 Å². The number of benzene rings is 2. The number of rotatable bonds is 0. The first-order valence-electron chi connectivity index (χ1n) is 5.64. The van der Waals surface area contributed by atoms with E-state index in [1.807, 2.05) is 0 Å². The van der Waals surface area contributed by atoms with Gasteiger partial charge in [0.2, 0.25) is 0 Å². The zero-order valence-electron chi connectivity index (χ0n) is 11.0. The van der Waals surface area contributed by atoms with Crippen LogP contribution in [0.4, 0.5) is 0 Å². The molecule has 0 bridgehead atoms. The Kier molecular flexibility index (Phi) is 7.63. The van der Waals surface area contributed by atoms with Crippen molar-refractivity contribution in [2.24, 2.45) is 0 Å². The molecule has 0 atom stereocenters. The average molecular weight is 264 g/mol. The quantitative estimate of drug-likeness (QED) is 0.652. The first kappa shape index (κ1) is 16.0. The molecule has 0 spiro atoms. The van der Waals surface area contributed by atoms with E-state index in [0.717, 1.165) is 0 Å². The van der Waals surface area contributed by atoms with E-state index in [1.165, 1.54) is 22.3 Å². The third-order valence-electron chi connectivity index (χ3n) is 2.35. The summed E-state index contributed by atoms with van der Waals surface area (Å²) in [5.74, 6) is 0. The van der Waals surface area contributed by atoms with Gasteiger partial charge in [0.25, 0.3) is 0 Å². The number of hydrogen-bond donors (Lipinski definition) is 0. The Bertz CT molecular complexity index is 369. The van der Waals surface area contributed by atoms with Crippen LogP contribution in [0.25, 0.3) is 0 Å². The monoisotopic (exact) mass is 264 g/mol. The van der Waals surface area contributed by atoms with Crippen molar-refractivity contribution in [3.8, 4) is 0 Å². The van der Waals surface area contributed by atoms with E-state index >= 15 is 0 Å². The average Bonchev–Trinajstić information content (AvgIpc) is 2.17. The van der Waals surface area contributed by atoms with Gasteiger partial charge in [-0.05, 0) is 27.7 Å². The maximum Gasteiger partial charge on any atom is 0 e. The van der Waals surface area contributed by atoms with E-state index in [-0.39, 0.29) is 17.4 Å². The molecule has 0 saturated heterocycles. The molecule has 0 aliphatic rings. The van der Waals surface area contributed by atoms with Crippen LogP contribution >= 0.6 is 0 Å². The molecule has 17 heavy (non-hydrogen) atoms. The van der Waals surface area contributed by atoms with Crippen LogP contribution in [-0.2, 0) is 17.4 Å². The van der Waals surface area contributed by atoms with E-state index in [0.29, 0.717) is 0 Å². The molecule has 0 radical (unpaired) electrons. The second kappa shape index (κ2) is 8.12. The fourth-order valence-corrected chi connectivity index (χ4v) is 1.61. The van der Waals surface area contributed by atoms with E-state index < -0.39 is 0 Å². The molecule has 0 fully saturated rings. The predicted octanol–water partition coefficient (Wildman–Crippen LogP) is 4.60. The predicted molar refractivity (Wildman–Crippen MR) is 71.8 cm³/mol. The van der Waals surface area contributed by atoms with Gasteiger partial charge in [0.1, 0.15) is 0 Å². The Morgan fingerprint density at radius 1 is 0.529 bits per heavy atom. The molecule has 0 saturated carbocycles. The van der Waals surface area contributed by atoms with E-state index in [4.69, 9.17) is 0 Å². The second-order valence-electron chi connectivity index (χ2n) is 4.32. The second-order valence-corrected chi connectivity index (χ2v) is 4.32. The maximum absolute atomic E-state index is 2.17. The molecule has 0 amide bonds. The third kappa shape index (κ3) is 7.00. The van der Waals surface area contributed by atoms with Gasteiger partial charge < -0.3 is 0 Å². The molecule has 0 nitrogen and oxygen atoms in total. The Hall–Kier alpha value is -1.03. The van der Waals surface area contributed by atoms with Gasteiger partial charge in [0.05, 0.1) is 0 Å². The minimum Gasteiger partial charge on any atom is -0.0617 e. The van der Waals surface area contributed by atoms with Crippen molar-refractivity contribution in [1.29, 1.82) is 0 Å². The number of aryl methyl sites for hydroxylation is 4. The molecule has 0 unspecified atom stereocenters. The van der Waals surface area contributed by atoms with Crippen molar-refractivity contribution >= 4 is 0 Å². The van der Waals surface area contributed by atoms with Gasteiger partial charge in [-0.25, -0.2) is 0 Å². The van der Waals surface area contributed by atoms with Crippen molar-refractivity contribution < 1.29 is 17.4 Å². The van der Waals surface area contributed by atoms with Crippen molar-refractivity contribution in [1.82, 2.24) is 0 Å². The Morgan fingerprint density at radius 2 is 0.765 bits per heavy atom. The van der Waals surface area contributed by atoms with E-state index in [2.05, 4.69) is 76.2 Å². The standard InChI is InChI=1S/2C8H10.Cr/c2*1-7-4-3-5-8(2)6-7;/h2*3-6H,1-2H3;. The van der Waals surface area contributed by atoms with Crippen LogP contribution in [0.15, 0.2) is 48.5 Å². The van der Waals surface area contributed by atoms with Crippen LogP contribution < -0.4 is 0 Å². The first-order chi connectivity index (χ1) is 7.58. The molecular weight excluding hydrogens is 244 g/mol. The molecule has 2 aromatic rings. The summed E-state index contributed by atoms with van der Waals surface area (Å²) >= 11 is 0. The van der Waals surface area contributed by atoms with Gasteiger partial charge in [-0.2, -0.15) is 0 Å². The summed E-state index contributed by atoms with van der Waals surface area (Å²) in [5.41, 5.74) is 5.35. The molecule has 1 heteroatoms. The van der Waals surface area contributed by atoms with Gasteiger partial charge in [-0.1, -0.05) is 70.8 Å². The van der Waals surface area contributed by atoms with E-state index in [9.17, 15) is 0 Å². The van der Waals surface area contributed by atoms with Crippen LogP contribution in [0.2, 0.25) is 0 Å². The summed E-state index contributed by atoms with van der Waals surface area (Å²) in [7, 11) is 0. The van der Waals surface area contributed by atoms with Gasteiger partial charge in [-0.15, -0.1) is 0 Å². The number of hydrogen-bond acceptors (Lipinski definition) is 0. The topological polar surface area (TPSA) is 0 Å². The van der Waals surface area contributed by atoms with Crippen LogP contribution in [0.3, 0.4) is 0 Å². The summed E-state index contributed by atoms with van der Waals surface area (Å²) in [6.07, 6.45) is 0. The minimum absolute atomic E-state index is 0. The first-order valence-corrected chi connectivity index (χ1v) is 5.64. The fraction of sp³-hybridized carbons (Fsp3) is 0.250. The minimum atomic E-state index is 0. The normalized spacial score (nSPS) is 8.71. The third-order valence-corrected chi connectivity index (χ3v) is 2.35. The summed E-state index contributed by atoms with van der Waals surface area (Å²) in [4.78, 5) is 0. The maximum atomic E-state index is 2.17. The summed E-state index contributed by atoms with van der Waals surface area (Å²) in [6, 6.07) is 16.9. The van der Waals surface area contributed by atoms with Crippen LogP contribution in [0.1, 0.15) is 22.3 Å². The summed E-state index contributed by atoms with van der Waals surface area (Å²) in [5, 5.41) is 0. The molecule has 0 N–H and O–H groups in total. The van der Waals surface area contributed by atoms with Gasteiger partial charge in [-0.3, -0.25) is 0 Å². The zero-order chi connectivity index (χ0) is 12.0. The van der Waals surface area contributed by atoms with Gasteiger partial charge in [0, 0.05) is 17.4 Å². The van der Waals surface area contributed by atoms with Crippen LogP contribution in [0.5, 0.6) is 0 Å². The van der Waals surface area contributed by atoms with Crippen molar-refractivity contribution in [2.45, 2.75) is 27.7 Å². The molecule has 0 aliphatic heterocycles. The smallest absolute Gasteiger partial charge is 0 e. The van der Waals surface area contributed by atoms with Crippen LogP contribution in [-0.4, -0.2) is 0 Å². The SMILES string of the molecule is Cc1cccc(C)c1.Cc1cccc(C)c1.[Cr]. The molecule has 0 aromatic heterocycles. The van der Waals surface area contributed by atoms with E-state index in [1.54, 1.807) is 0 Å².